The van der Waals surface area contributed by atoms with Crippen LogP contribution in [0.2, 0.25) is 0 Å². The molecule has 0 bridgehead atoms. The molecule has 2 aromatic rings. The Morgan fingerprint density at radius 3 is 2.57 bits per heavy atom. The number of aryl methyl sites for hydroxylation is 2. The summed E-state index contributed by atoms with van der Waals surface area (Å²) >= 11 is 0. The summed E-state index contributed by atoms with van der Waals surface area (Å²) in [6.07, 6.45) is 1.36. The number of nitrogens with zero attached hydrogens (tertiary/aromatic N) is 2. The lowest BCUT2D eigenvalue weighted by molar-refractivity contribution is -0.156. The summed E-state index contributed by atoms with van der Waals surface area (Å²) in [5.74, 6) is -3.11. The number of halogens is 3. The second-order valence-electron chi connectivity index (χ2n) is 16.0. The van der Waals surface area contributed by atoms with Crippen molar-refractivity contribution >= 4 is 44.4 Å². The van der Waals surface area contributed by atoms with Gasteiger partial charge in [0.15, 0.2) is 5.78 Å². The van der Waals surface area contributed by atoms with E-state index in [0.717, 1.165) is 16.5 Å². The van der Waals surface area contributed by atoms with Crippen molar-refractivity contribution in [3.63, 3.8) is 0 Å². The normalized spacial score (nSPS) is 30.6. The van der Waals surface area contributed by atoms with Crippen LogP contribution in [0.3, 0.4) is 0 Å². The van der Waals surface area contributed by atoms with Gasteiger partial charge in [-0.25, -0.2) is 13.4 Å². The number of pyridine rings is 1. The molecule has 5 aliphatic rings. The first-order valence-corrected chi connectivity index (χ1v) is 19.9. The van der Waals surface area contributed by atoms with Gasteiger partial charge in [-0.05, 0) is 77.2 Å². The highest BCUT2D eigenvalue weighted by Crippen LogP contribution is 2.58. The number of carbonyl (C=O) groups is 4. The van der Waals surface area contributed by atoms with Gasteiger partial charge < -0.3 is 15.0 Å². The van der Waals surface area contributed by atoms with E-state index in [1.807, 2.05) is 43.3 Å². The third kappa shape index (κ3) is 7.29. The fourth-order valence-electron chi connectivity index (χ4n) is 8.41. The Balaban J connectivity index is 1.23. The minimum atomic E-state index is -4.78. The molecule has 11 nitrogen and oxygen atoms in total. The lowest BCUT2D eigenvalue weighted by Crippen LogP contribution is -2.53. The Morgan fingerprint density at radius 1 is 1.08 bits per heavy atom. The second kappa shape index (κ2) is 13.4. The zero-order valence-corrected chi connectivity index (χ0v) is 30.7. The van der Waals surface area contributed by atoms with Gasteiger partial charge in [-0.15, -0.1) is 0 Å². The van der Waals surface area contributed by atoms with Crippen molar-refractivity contribution in [3.05, 3.63) is 47.7 Å². The van der Waals surface area contributed by atoms with Crippen LogP contribution in [0.25, 0.3) is 10.9 Å². The van der Waals surface area contributed by atoms with Crippen molar-refractivity contribution in [1.29, 1.82) is 0 Å². The SMILES string of the molecule is Cc1nc2ccccc2c2c1O[C@]1(CC2)C[C@H]2C(=O)C[C@]3(C(=O)NS(=O)(=O)C4(C)CC4)C[C@H]3/C=C\CCCCC[C@H](NC(=O)CC(F)(F)F)C(=O)N2C1. The monoisotopic (exact) mass is 758 g/mol. The van der Waals surface area contributed by atoms with E-state index in [0.29, 0.717) is 62.8 Å². The minimum absolute atomic E-state index is 0.0427. The predicted molar refractivity (Wildman–Crippen MR) is 188 cm³/mol. The van der Waals surface area contributed by atoms with Gasteiger partial charge in [0.1, 0.15) is 23.8 Å². The molecule has 1 aromatic carbocycles. The number of hydrogen-bond donors (Lipinski definition) is 2. The average Bonchev–Trinajstić information content (AvgIpc) is 3.97. The van der Waals surface area contributed by atoms with E-state index in [2.05, 4.69) is 10.0 Å². The maximum absolute atomic E-state index is 14.6. The molecule has 4 heterocycles. The second-order valence-corrected chi connectivity index (χ2v) is 18.2. The van der Waals surface area contributed by atoms with E-state index in [4.69, 9.17) is 9.72 Å². The molecule has 1 spiro atoms. The molecule has 3 amide bonds. The van der Waals surface area contributed by atoms with E-state index in [1.165, 1.54) is 4.90 Å². The first-order valence-electron chi connectivity index (χ1n) is 18.4. The summed E-state index contributed by atoms with van der Waals surface area (Å²) in [5, 5.41) is 3.23. The molecule has 286 valence electrons. The standard InChI is InChI=1S/C38H45F3N4O7S/c1-23-32-26(25-11-8-9-12-27(25)42-23)14-15-36(52-32)19-29-30(46)20-37(34(49)44-53(50,51)35(2)16-17-35)18-24(37)10-6-4-3-5-7-13-28(33(48)45(29)22-36)43-31(47)21-38(39,40)41/h6,8-12,24,28-29H,3-5,7,13-22H2,1-2H3,(H,43,47)(H,44,49)/b10-6-/t24-,28+,29+,36-,37-/m1/s1. The van der Waals surface area contributed by atoms with Gasteiger partial charge in [0.05, 0.1) is 34.0 Å². The summed E-state index contributed by atoms with van der Waals surface area (Å²) in [5.41, 5.74) is -0.0279. The van der Waals surface area contributed by atoms with Crippen LogP contribution in [0, 0.1) is 18.3 Å². The molecule has 5 atom stereocenters. The van der Waals surface area contributed by atoms with Crippen LogP contribution < -0.4 is 14.8 Å². The summed E-state index contributed by atoms with van der Waals surface area (Å²) in [6, 6.07) is 5.20. The number of carbonyl (C=O) groups excluding carboxylic acids is 4. The summed E-state index contributed by atoms with van der Waals surface area (Å²) in [6.45, 7) is 3.31. The highest BCUT2D eigenvalue weighted by atomic mass is 32.2. The summed E-state index contributed by atoms with van der Waals surface area (Å²) in [4.78, 5) is 61.6. The van der Waals surface area contributed by atoms with E-state index in [1.54, 1.807) is 6.92 Å². The van der Waals surface area contributed by atoms with Crippen molar-refractivity contribution in [2.24, 2.45) is 11.3 Å². The van der Waals surface area contributed by atoms with Gasteiger partial charge in [-0.3, -0.25) is 23.9 Å². The maximum atomic E-state index is 14.6. The van der Waals surface area contributed by atoms with Crippen molar-refractivity contribution in [2.45, 2.75) is 126 Å². The van der Waals surface area contributed by atoms with Crippen LogP contribution >= 0.6 is 0 Å². The number of Topliss-reactive ketones (excluding diaryl/α,β-unsaturated/α-hetero) is 1. The van der Waals surface area contributed by atoms with E-state index < -0.39 is 79.9 Å². The number of alkyl halides is 3. The van der Waals surface area contributed by atoms with E-state index >= 15 is 0 Å². The molecular formula is C38H45F3N4O7S. The Bertz CT molecular complexity index is 2000. The minimum Gasteiger partial charge on any atom is -0.483 e. The highest BCUT2D eigenvalue weighted by molar-refractivity contribution is 7.91. The molecule has 0 radical (unpaired) electrons. The number of benzene rings is 1. The Hall–Kier alpha value is -4.01. The Kier molecular flexibility index (Phi) is 9.42. The van der Waals surface area contributed by atoms with Crippen LogP contribution in [-0.2, 0) is 35.6 Å². The zero-order chi connectivity index (χ0) is 38.0. The van der Waals surface area contributed by atoms with Crippen molar-refractivity contribution in [3.8, 4) is 5.75 Å². The summed E-state index contributed by atoms with van der Waals surface area (Å²) in [7, 11) is -4.00. The third-order valence-electron chi connectivity index (χ3n) is 12.0. The number of para-hydroxylation sites is 1. The molecule has 15 heteroatoms. The fourth-order valence-corrected chi connectivity index (χ4v) is 9.74. The molecule has 2 aliphatic carbocycles. The van der Waals surface area contributed by atoms with Crippen LogP contribution in [0.5, 0.6) is 5.75 Å². The molecule has 2 saturated carbocycles. The highest BCUT2D eigenvalue weighted by Gasteiger charge is 2.63. The van der Waals surface area contributed by atoms with Crippen molar-refractivity contribution in [1.82, 2.24) is 19.9 Å². The van der Waals surface area contributed by atoms with Gasteiger partial charge in [0, 0.05) is 23.8 Å². The van der Waals surface area contributed by atoms with E-state index in [9.17, 15) is 40.8 Å². The predicted octanol–water partition coefficient (Wildman–Crippen LogP) is 5.13. The Labute approximate surface area is 306 Å². The van der Waals surface area contributed by atoms with Crippen molar-refractivity contribution < 1.29 is 45.5 Å². The average molecular weight is 759 g/mol. The number of sulfonamides is 1. The van der Waals surface area contributed by atoms with Crippen molar-refractivity contribution in [2.75, 3.05) is 6.54 Å². The number of ether oxygens (including phenoxy) is 1. The molecular weight excluding hydrogens is 714 g/mol. The Morgan fingerprint density at radius 2 is 1.83 bits per heavy atom. The van der Waals surface area contributed by atoms with Gasteiger partial charge in [0.25, 0.3) is 0 Å². The molecule has 53 heavy (non-hydrogen) atoms. The smallest absolute Gasteiger partial charge is 0.397 e. The number of amides is 3. The fraction of sp³-hybridized carbons (Fsp3) is 0.605. The van der Waals surface area contributed by atoms with Crippen LogP contribution in [-0.4, -0.2) is 77.0 Å². The van der Waals surface area contributed by atoms with E-state index in [-0.39, 0.29) is 32.2 Å². The number of fused-ring (bicyclic) bond motifs is 5. The molecule has 3 fully saturated rings. The topological polar surface area (TPSA) is 152 Å². The largest absolute Gasteiger partial charge is 0.483 e. The van der Waals surface area contributed by atoms with Crippen LogP contribution in [0.15, 0.2) is 36.4 Å². The molecule has 1 aromatic heterocycles. The molecule has 7 rings (SSSR count). The first kappa shape index (κ1) is 37.3. The number of rotatable bonds is 5. The number of ketones is 1. The van der Waals surface area contributed by atoms with Gasteiger partial charge in [-0.2, -0.15) is 13.2 Å². The third-order valence-corrected chi connectivity index (χ3v) is 14.1. The molecule has 2 N–H and O–H groups in total. The molecule has 3 aliphatic heterocycles. The lowest BCUT2D eigenvalue weighted by Gasteiger charge is -2.36. The van der Waals surface area contributed by atoms with Crippen LogP contribution in [0.4, 0.5) is 13.2 Å². The number of nitrogens with one attached hydrogen (secondary N) is 2. The quantitative estimate of drug-likeness (QED) is 0.399. The molecule has 0 unspecified atom stereocenters. The van der Waals surface area contributed by atoms with Gasteiger partial charge in [-0.1, -0.05) is 43.2 Å². The van der Waals surface area contributed by atoms with Gasteiger partial charge in [0.2, 0.25) is 27.7 Å². The lowest BCUT2D eigenvalue weighted by atomic mass is 9.85. The first-order chi connectivity index (χ1) is 24.9. The molecule has 1 saturated heterocycles. The number of aromatic nitrogens is 1. The summed E-state index contributed by atoms with van der Waals surface area (Å²) < 4.78 is 73.9. The number of allylic oxidation sites excluding steroid dienone is 2. The number of hydrogen-bond acceptors (Lipinski definition) is 8. The zero-order valence-electron chi connectivity index (χ0n) is 29.9. The van der Waals surface area contributed by atoms with Crippen LogP contribution in [0.1, 0.15) is 95.2 Å². The van der Waals surface area contributed by atoms with Gasteiger partial charge >= 0.3 is 6.18 Å². The maximum Gasteiger partial charge on any atom is 0.397 e.